The number of alkyl halides is 3. The molecule has 2 saturated carbocycles. The van der Waals surface area contributed by atoms with Crippen LogP contribution < -0.4 is 16.0 Å². The molecule has 228 valence electrons. The van der Waals surface area contributed by atoms with E-state index in [-0.39, 0.29) is 36.3 Å². The maximum absolute atomic E-state index is 15.2. The third-order valence-electron chi connectivity index (χ3n) is 8.27. The van der Waals surface area contributed by atoms with Gasteiger partial charge < -0.3 is 20.9 Å². The van der Waals surface area contributed by atoms with E-state index in [1.54, 1.807) is 10.7 Å². The van der Waals surface area contributed by atoms with Crippen LogP contribution in [0.1, 0.15) is 61.6 Å². The molecule has 3 aliphatic rings. The number of amides is 3. The molecule has 1 aromatic heterocycles. The van der Waals surface area contributed by atoms with Gasteiger partial charge in [0.05, 0.1) is 12.1 Å². The van der Waals surface area contributed by atoms with Crippen LogP contribution >= 0.6 is 0 Å². The first-order chi connectivity index (χ1) is 19.9. The Kier molecular flexibility index (Phi) is 8.58. The predicted octanol–water partition coefficient (Wildman–Crippen LogP) is 3.68. The van der Waals surface area contributed by atoms with E-state index >= 15 is 4.39 Å². The number of aromatic nitrogens is 2. The van der Waals surface area contributed by atoms with Gasteiger partial charge in [-0.3, -0.25) is 19.1 Å². The number of carbonyl (C=O) groups is 3. The molecule has 13 heteroatoms. The Hall–Kier alpha value is -3.48. The van der Waals surface area contributed by atoms with Crippen molar-refractivity contribution in [2.45, 2.75) is 70.3 Å². The minimum Gasteiger partial charge on any atom is -0.339 e. The standard InChI is InChI=1S/C29H36F4N6O3/c1-16(2)39-22(9-10-35-39)27(41)37-26(25(18-4-5-18)19-6-7-19)28(42)36-21-8-3-17(13-20(21)30)14-24(40)38-12-11-34-15-23(38)29(31,32)33/h3,8-10,13,16,18-19,23,25-26,34H,4-7,11-12,14-15H2,1-2H3,(H,36,42)(H,37,41). The first kappa shape index (κ1) is 30.0. The van der Waals surface area contributed by atoms with Gasteiger partial charge in [-0.1, -0.05) is 6.07 Å². The van der Waals surface area contributed by atoms with Crippen LogP contribution in [-0.2, 0) is 16.0 Å². The summed E-state index contributed by atoms with van der Waals surface area (Å²) in [6.07, 6.45) is 0.381. The summed E-state index contributed by atoms with van der Waals surface area (Å²) in [6.45, 7) is 3.52. The average molecular weight is 593 g/mol. The summed E-state index contributed by atoms with van der Waals surface area (Å²) in [6, 6.07) is 2.44. The van der Waals surface area contributed by atoms with Crippen molar-refractivity contribution in [1.82, 2.24) is 25.3 Å². The van der Waals surface area contributed by atoms with E-state index in [9.17, 15) is 27.6 Å². The van der Waals surface area contributed by atoms with Crippen molar-refractivity contribution in [2.24, 2.45) is 17.8 Å². The highest BCUT2D eigenvalue weighted by Gasteiger charge is 2.49. The van der Waals surface area contributed by atoms with Crippen LogP contribution in [0, 0.1) is 23.6 Å². The number of rotatable bonds is 10. The number of benzene rings is 1. The number of nitrogens with one attached hydrogen (secondary N) is 3. The fourth-order valence-corrected chi connectivity index (χ4v) is 5.90. The van der Waals surface area contributed by atoms with Gasteiger partial charge in [0.2, 0.25) is 11.8 Å². The second kappa shape index (κ2) is 12.0. The van der Waals surface area contributed by atoms with E-state index in [1.807, 2.05) is 13.8 Å². The van der Waals surface area contributed by atoms with Gasteiger partial charge in [-0.05, 0) is 81.0 Å². The zero-order valence-corrected chi connectivity index (χ0v) is 23.6. The Morgan fingerprint density at radius 2 is 1.79 bits per heavy atom. The third kappa shape index (κ3) is 6.77. The van der Waals surface area contributed by atoms with E-state index in [2.05, 4.69) is 21.0 Å². The summed E-state index contributed by atoms with van der Waals surface area (Å²) in [5.41, 5.74) is 0.379. The van der Waals surface area contributed by atoms with Gasteiger partial charge in [-0.15, -0.1) is 0 Å². The minimum atomic E-state index is -4.58. The first-order valence-electron chi connectivity index (χ1n) is 14.4. The molecule has 1 aromatic carbocycles. The molecule has 2 heterocycles. The normalized spacial score (nSPS) is 20.1. The smallest absolute Gasteiger partial charge is 0.339 e. The molecule has 2 aliphatic carbocycles. The van der Waals surface area contributed by atoms with E-state index in [0.29, 0.717) is 17.5 Å². The van der Waals surface area contributed by atoms with E-state index in [0.717, 1.165) is 36.6 Å². The van der Waals surface area contributed by atoms with Crippen LogP contribution in [-0.4, -0.2) is 70.3 Å². The SMILES string of the molecule is CC(C)n1nccc1C(=O)NC(C(=O)Nc1ccc(CC(=O)N2CCNCC2C(F)(F)F)cc1F)C(C1CC1)C1CC1. The summed E-state index contributed by atoms with van der Waals surface area (Å²) in [4.78, 5) is 40.4. The van der Waals surface area contributed by atoms with Crippen LogP contribution in [0.25, 0.3) is 0 Å². The lowest BCUT2D eigenvalue weighted by Gasteiger charge is -2.37. The zero-order valence-electron chi connectivity index (χ0n) is 23.6. The Morgan fingerprint density at radius 3 is 2.38 bits per heavy atom. The molecule has 2 aromatic rings. The molecular formula is C29H36F4N6O3. The quantitative estimate of drug-likeness (QED) is 0.365. The van der Waals surface area contributed by atoms with Crippen molar-refractivity contribution >= 4 is 23.4 Å². The lowest BCUT2D eigenvalue weighted by molar-refractivity contribution is -0.192. The lowest BCUT2D eigenvalue weighted by Crippen LogP contribution is -2.59. The van der Waals surface area contributed by atoms with Gasteiger partial charge in [0, 0.05) is 31.9 Å². The Bertz CT molecular complexity index is 1310. The maximum atomic E-state index is 15.2. The molecule has 2 unspecified atom stereocenters. The van der Waals surface area contributed by atoms with E-state index in [1.165, 1.54) is 18.3 Å². The highest BCUT2D eigenvalue weighted by molar-refractivity contribution is 6.01. The van der Waals surface area contributed by atoms with E-state index < -0.39 is 54.8 Å². The van der Waals surface area contributed by atoms with Gasteiger partial charge in [-0.25, -0.2) is 4.39 Å². The van der Waals surface area contributed by atoms with E-state index in [4.69, 9.17) is 0 Å². The van der Waals surface area contributed by atoms with Crippen molar-refractivity contribution < 1.29 is 31.9 Å². The average Bonchev–Trinajstić information content (AvgIpc) is 3.88. The van der Waals surface area contributed by atoms with Crippen molar-refractivity contribution in [3.8, 4) is 0 Å². The van der Waals surface area contributed by atoms with Crippen LogP contribution in [0.15, 0.2) is 30.5 Å². The molecule has 2 atom stereocenters. The number of hydrogen-bond donors (Lipinski definition) is 3. The van der Waals surface area contributed by atoms with Gasteiger partial charge >= 0.3 is 6.18 Å². The number of piperazine rings is 1. The van der Waals surface area contributed by atoms with Crippen molar-refractivity contribution in [3.63, 3.8) is 0 Å². The molecule has 0 spiro atoms. The van der Waals surface area contributed by atoms with Crippen LogP contribution in [0.5, 0.6) is 0 Å². The predicted molar refractivity (Wildman–Crippen MR) is 146 cm³/mol. The number of anilines is 1. The summed E-state index contributed by atoms with van der Waals surface area (Å²) in [7, 11) is 0. The second-order valence-corrected chi connectivity index (χ2v) is 11.8. The number of carbonyl (C=O) groups excluding carboxylic acids is 3. The molecule has 42 heavy (non-hydrogen) atoms. The van der Waals surface area contributed by atoms with Gasteiger partial charge in [0.25, 0.3) is 5.91 Å². The third-order valence-corrected chi connectivity index (χ3v) is 8.27. The van der Waals surface area contributed by atoms with Crippen LogP contribution in [0.4, 0.5) is 23.2 Å². The number of hydrogen-bond acceptors (Lipinski definition) is 5. The van der Waals surface area contributed by atoms with Gasteiger partial charge in [-0.2, -0.15) is 18.3 Å². The molecule has 5 rings (SSSR count). The monoisotopic (exact) mass is 592 g/mol. The maximum Gasteiger partial charge on any atom is 0.410 e. The highest BCUT2D eigenvalue weighted by atomic mass is 19.4. The lowest BCUT2D eigenvalue weighted by atomic mass is 9.88. The fraction of sp³-hybridized carbons (Fsp3) is 0.586. The minimum absolute atomic E-state index is 0.0684. The largest absolute Gasteiger partial charge is 0.410 e. The van der Waals surface area contributed by atoms with Crippen LogP contribution in [0.3, 0.4) is 0 Å². The van der Waals surface area contributed by atoms with Crippen LogP contribution in [0.2, 0.25) is 0 Å². The van der Waals surface area contributed by atoms with Gasteiger partial charge in [0.1, 0.15) is 23.6 Å². The zero-order chi connectivity index (χ0) is 30.2. The molecule has 3 N–H and O–H groups in total. The highest BCUT2D eigenvalue weighted by Crippen LogP contribution is 2.51. The topological polar surface area (TPSA) is 108 Å². The molecule has 0 bridgehead atoms. The molecule has 9 nitrogen and oxygen atoms in total. The van der Waals surface area contributed by atoms with Crippen molar-refractivity contribution in [1.29, 1.82) is 0 Å². The molecule has 3 fully saturated rings. The number of nitrogens with zero attached hydrogens (tertiary/aromatic N) is 3. The summed E-state index contributed by atoms with van der Waals surface area (Å²) >= 11 is 0. The number of halogens is 4. The fourth-order valence-electron chi connectivity index (χ4n) is 5.90. The molecular weight excluding hydrogens is 556 g/mol. The van der Waals surface area contributed by atoms with Crippen molar-refractivity contribution in [2.75, 3.05) is 25.0 Å². The molecule has 1 saturated heterocycles. The molecule has 0 radical (unpaired) electrons. The Morgan fingerprint density at radius 1 is 1.10 bits per heavy atom. The first-order valence-corrected chi connectivity index (χ1v) is 14.4. The van der Waals surface area contributed by atoms with Crippen molar-refractivity contribution in [3.05, 3.63) is 47.5 Å². The summed E-state index contributed by atoms with van der Waals surface area (Å²) in [5.74, 6) is -2.04. The molecule has 1 aliphatic heterocycles. The Labute approximate surface area is 241 Å². The summed E-state index contributed by atoms with van der Waals surface area (Å²) < 4.78 is 57.0. The molecule has 3 amide bonds. The second-order valence-electron chi connectivity index (χ2n) is 11.8. The van der Waals surface area contributed by atoms with Gasteiger partial charge in [0.15, 0.2) is 0 Å². The summed E-state index contributed by atoms with van der Waals surface area (Å²) in [5, 5.41) is 12.4. The Balaban J connectivity index is 1.30.